The lowest BCUT2D eigenvalue weighted by molar-refractivity contribution is 1.13. The van der Waals surface area contributed by atoms with E-state index in [1.165, 1.54) is 15.9 Å². The molecule has 5 heteroatoms. The molecule has 0 spiro atoms. The summed E-state index contributed by atoms with van der Waals surface area (Å²) in [6.45, 7) is 0. The Morgan fingerprint density at radius 3 is 2.59 bits per heavy atom. The predicted octanol–water partition coefficient (Wildman–Crippen LogP) is 5.04. The van der Waals surface area contributed by atoms with Crippen LogP contribution in [0.25, 0.3) is 26.4 Å². The molecule has 0 aliphatic carbocycles. The third-order valence-electron chi connectivity index (χ3n) is 3.74. The van der Waals surface area contributed by atoms with Crippen LogP contribution in [-0.4, -0.2) is 23.5 Å². The van der Waals surface area contributed by atoms with Crippen LogP contribution in [0, 0.1) is 0 Å². The van der Waals surface area contributed by atoms with Crippen molar-refractivity contribution in [2.45, 2.75) is 0 Å². The van der Waals surface area contributed by atoms with Crippen molar-refractivity contribution in [1.29, 1.82) is 0 Å². The second-order valence-corrected chi connectivity index (χ2v) is 7.36. The summed E-state index contributed by atoms with van der Waals surface area (Å²) in [5.74, 6) is 0. The molecule has 2 aromatic heterocycles. The van der Waals surface area contributed by atoms with Gasteiger partial charge in [0.2, 0.25) is 0 Å². The maximum atomic E-state index is 4.78. The summed E-state index contributed by atoms with van der Waals surface area (Å²) in [7, 11) is 4.09. The number of rotatable bonds is 2. The van der Waals surface area contributed by atoms with Gasteiger partial charge in [-0.3, -0.25) is 4.40 Å². The van der Waals surface area contributed by atoms with E-state index in [1.807, 2.05) is 14.1 Å². The van der Waals surface area contributed by atoms with E-state index in [9.17, 15) is 0 Å². The fourth-order valence-electron chi connectivity index (χ4n) is 2.54. The first kappa shape index (κ1) is 13.8. The van der Waals surface area contributed by atoms with E-state index in [2.05, 4.69) is 73.9 Å². The van der Waals surface area contributed by atoms with E-state index < -0.39 is 0 Å². The summed E-state index contributed by atoms with van der Waals surface area (Å²) >= 11 is 5.23. The van der Waals surface area contributed by atoms with Gasteiger partial charge in [-0.25, -0.2) is 4.98 Å². The number of nitrogens with zero attached hydrogens (tertiary/aromatic N) is 3. The lowest BCUT2D eigenvalue weighted by atomic mass is 10.1. The zero-order valence-electron chi connectivity index (χ0n) is 12.2. The highest BCUT2D eigenvalue weighted by Crippen LogP contribution is 2.31. The molecule has 0 atom stereocenters. The Hall–Kier alpha value is -1.85. The van der Waals surface area contributed by atoms with E-state index in [1.54, 1.807) is 11.3 Å². The van der Waals surface area contributed by atoms with Crippen molar-refractivity contribution in [3.8, 4) is 11.3 Å². The third-order valence-corrected chi connectivity index (χ3v) is 5.25. The first-order chi connectivity index (χ1) is 10.6. The summed E-state index contributed by atoms with van der Waals surface area (Å²) in [5.41, 5.74) is 4.56. The molecule has 4 rings (SSSR count). The number of thiazole rings is 1. The zero-order valence-corrected chi connectivity index (χ0v) is 14.6. The van der Waals surface area contributed by atoms with E-state index >= 15 is 0 Å². The van der Waals surface area contributed by atoms with Crippen molar-refractivity contribution < 1.29 is 0 Å². The van der Waals surface area contributed by atoms with Crippen molar-refractivity contribution in [2.75, 3.05) is 19.0 Å². The van der Waals surface area contributed by atoms with Gasteiger partial charge in [0.05, 0.1) is 15.9 Å². The number of benzene rings is 2. The van der Waals surface area contributed by atoms with Gasteiger partial charge in [-0.1, -0.05) is 39.4 Å². The van der Waals surface area contributed by atoms with Crippen molar-refractivity contribution in [3.05, 3.63) is 53.1 Å². The Balaban J connectivity index is 1.82. The van der Waals surface area contributed by atoms with Crippen LogP contribution in [0.5, 0.6) is 0 Å². The molecule has 0 bridgehead atoms. The van der Waals surface area contributed by atoms with Crippen LogP contribution in [0.1, 0.15) is 0 Å². The van der Waals surface area contributed by atoms with Gasteiger partial charge >= 0.3 is 0 Å². The topological polar surface area (TPSA) is 20.5 Å². The van der Waals surface area contributed by atoms with Gasteiger partial charge in [0.15, 0.2) is 4.96 Å². The monoisotopic (exact) mass is 371 g/mol. The van der Waals surface area contributed by atoms with Crippen molar-refractivity contribution >= 4 is 48.1 Å². The first-order valence-corrected chi connectivity index (χ1v) is 8.58. The number of halogens is 1. The van der Waals surface area contributed by atoms with Gasteiger partial charge in [0.25, 0.3) is 0 Å². The van der Waals surface area contributed by atoms with Crippen LogP contribution in [0.2, 0.25) is 0 Å². The normalized spacial score (nSPS) is 11.4. The molecular formula is C17H14BrN3S. The van der Waals surface area contributed by atoms with Crippen LogP contribution in [-0.2, 0) is 0 Å². The predicted molar refractivity (Wildman–Crippen MR) is 98.0 cm³/mol. The molecule has 0 saturated carbocycles. The molecule has 0 aliphatic rings. The van der Waals surface area contributed by atoms with Gasteiger partial charge < -0.3 is 4.90 Å². The molecule has 4 aromatic rings. The molecule has 3 nitrogen and oxygen atoms in total. The summed E-state index contributed by atoms with van der Waals surface area (Å²) < 4.78 is 4.51. The molecule has 0 radical (unpaired) electrons. The van der Waals surface area contributed by atoms with E-state index in [0.717, 1.165) is 20.7 Å². The molecule has 0 aliphatic heterocycles. The molecule has 110 valence electrons. The molecule has 2 aromatic carbocycles. The Morgan fingerprint density at radius 1 is 1.09 bits per heavy atom. The molecule has 22 heavy (non-hydrogen) atoms. The van der Waals surface area contributed by atoms with Gasteiger partial charge in [-0.05, 0) is 30.3 Å². The average Bonchev–Trinajstić information content (AvgIpc) is 3.04. The van der Waals surface area contributed by atoms with E-state index in [0.29, 0.717) is 0 Å². The standard InChI is InChI=1S/C17H14BrN3S/c1-20(2)13-6-3-11(4-7-13)14-10-21-15-8-5-12(18)9-16(15)22-17(21)19-14/h3-10H,1-2H3. The number of aromatic nitrogens is 2. The fourth-order valence-corrected chi connectivity index (χ4v) is 4.10. The minimum absolute atomic E-state index is 1.02. The Bertz CT molecular complexity index is 967. The molecule has 0 fully saturated rings. The Morgan fingerprint density at radius 2 is 1.86 bits per heavy atom. The quantitative estimate of drug-likeness (QED) is 0.491. The Labute approximate surface area is 141 Å². The third kappa shape index (κ3) is 2.21. The molecule has 2 heterocycles. The number of imidazole rings is 1. The highest BCUT2D eigenvalue weighted by Gasteiger charge is 2.10. The zero-order chi connectivity index (χ0) is 15.3. The van der Waals surface area contributed by atoms with E-state index in [4.69, 9.17) is 4.98 Å². The van der Waals surface area contributed by atoms with Crippen molar-refractivity contribution in [2.24, 2.45) is 0 Å². The van der Waals surface area contributed by atoms with Crippen LogP contribution < -0.4 is 4.90 Å². The van der Waals surface area contributed by atoms with Gasteiger partial charge in [-0.2, -0.15) is 0 Å². The summed E-state index contributed by atoms with van der Waals surface area (Å²) in [4.78, 5) is 7.90. The maximum absolute atomic E-state index is 4.78. The first-order valence-electron chi connectivity index (χ1n) is 6.97. The minimum atomic E-state index is 1.02. The lowest BCUT2D eigenvalue weighted by Crippen LogP contribution is -2.07. The number of hydrogen-bond acceptors (Lipinski definition) is 3. The van der Waals surface area contributed by atoms with Crippen LogP contribution in [0.15, 0.2) is 53.1 Å². The molecule has 0 saturated heterocycles. The molecule has 0 amide bonds. The average molecular weight is 372 g/mol. The molecule has 0 unspecified atom stereocenters. The Kier molecular flexibility index (Phi) is 3.20. The van der Waals surface area contributed by atoms with Crippen LogP contribution in [0.4, 0.5) is 5.69 Å². The highest BCUT2D eigenvalue weighted by atomic mass is 79.9. The second kappa shape index (κ2) is 5.11. The molecular weight excluding hydrogens is 358 g/mol. The fraction of sp³-hybridized carbons (Fsp3) is 0.118. The van der Waals surface area contributed by atoms with Crippen LogP contribution in [0.3, 0.4) is 0 Å². The van der Waals surface area contributed by atoms with Gasteiger partial charge in [0.1, 0.15) is 0 Å². The highest BCUT2D eigenvalue weighted by molar-refractivity contribution is 9.10. The lowest BCUT2D eigenvalue weighted by Gasteiger charge is -2.12. The summed E-state index contributed by atoms with van der Waals surface area (Å²) in [6, 6.07) is 14.8. The van der Waals surface area contributed by atoms with Crippen molar-refractivity contribution in [1.82, 2.24) is 9.38 Å². The minimum Gasteiger partial charge on any atom is -0.378 e. The summed E-state index contributed by atoms with van der Waals surface area (Å²) in [5, 5.41) is 0. The van der Waals surface area contributed by atoms with Crippen molar-refractivity contribution in [3.63, 3.8) is 0 Å². The van der Waals surface area contributed by atoms with Gasteiger partial charge in [-0.15, -0.1) is 0 Å². The number of hydrogen-bond donors (Lipinski definition) is 0. The van der Waals surface area contributed by atoms with E-state index in [-0.39, 0.29) is 0 Å². The SMILES string of the molecule is CN(C)c1ccc(-c2cn3c(n2)sc2cc(Br)ccc23)cc1. The maximum Gasteiger partial charge on any atom is 0.195 e. The number of fused-ring (bicyclic) bond motifs is 3. The van der Waals surface area contributed by atoms with Gasteiger partial charge in [0, 0.05) is 36.0 Å². The second-order valence-electron chi connectivity index (χ2n) is 5.43. The van der Waals surface area contributed by atoms with Crippen LogP contribution >= 0.6 is 27.3 Å². The summed E-state index contributed by atoms with van der Waals surface area (Å²) in [6.07, 6.45) is 2.12. The number of anilines is 1. The largest absolute Gasteiger partial charge is 0.378 e. The molecule has 0 N–H and O–H groups in total. The smallest absolute Gasteiger partial charge is 0.195 e.